The zero-order valence-electron chi connectivity index (χ0n) is 14.8. The lowest BCUT2D eigenvalue weighted by molar-refractivity contribution is 0.214. The van der Waals surface area contributed by atoms with Gasteiger partial charge in [-0.25, -0.2) is 4.79 Å². The van der Waals surface area contributed by atoms with Crippen LogP contribution < -0.4 is 5.32 Å². The molecule has 1 aliphatic rings. The van der Waals surface area contributed by atoms with Gasteiger partial charge in [0.25, 0.3) is 0 Å². The monoisotopic (exact) mass is 418 g/mol. The van der Waals surface area contributed by atoms with Crippen LogP contribution in [0.4, 0.5) is 10.5 Å². The highest BCUT2D eigenvalue weighted by molar-refractivity contribution is 9.10. The molecule has 0 spiro atoms. The van der Waals surface area contributed by atoms with Crippen molar-refractivity contribution >= 4 is 39.4 Å². The summed E-state index contributed by atoms with van der Waals surface area (Å²) >= 11 is 5.25. The minimum absolute atomic E-state index is 0.0482. The second-order valence-electron chi connectivity index (χ2n) is 7.23. The predicted molar refractivity (Wildman–Crippen MR) is 110 cm³/mol. The van der Waals surface area contributed by atoms with E-state index >= 15 is 0 Å². The van der Waals surface area contributed by atoms with Crippen molar-refractivity contribution in [2.75, 3.05) is 17.6 Å². The van der Waals surface area contributed by atoms with Gasteiger partial charge in [-0.3, -0.25) is 0 Å². The number of rotatable bonds is 2. The molecule has 2 aromatic rings. The van der Waals surface area contributed by atoms with Gasteiger partial charge in [0.05, 0.1) is 0 Å². The summed E-state index contributed by atoms with van der Waals surface area (Å²) in [7, 11) is 0. The van der Waals surface area contributed by atoms with Gasteiger partial charge in [0.1, 0.15) is 5.37 Å². The molecule has 3 rings (SSSR count). The van der Waals surface area contributed by atoms with Crippen molar-refractivity contribution in [2.24, 2.45) is 0 Å². The summed E-state index contributed by atoms with van der Waals surface area (Å²) in [5.41, 5.74) is 3.43. The molecule has 1 N–H and O–H groups in total. The van der Waals surface area contributed by atoms with Crippen LogP contribution in [0.25, 0.3) is 0 Å². The summed E-state index contributed by atoms with van der Waals surface area (Å²) in [6.45, 7) is 7.40. The van der Waals surface area contributed by atoms with Crippen molar-refractivity contribution in [1.82, 2.24) is 4.90 Å². The van der Waals surface area contributed by atoms with E-state index in [1.165, 1.54) is 11.1 Å². The number of nitrogens with zero attached hydrogens (tertiary/aromatic N) is 1. The van der Waals surface area contributed by atoms with Gasteiger partial charge in [0.15, 0.2) is 0 Å². The topological polar surface area (TPSA) is 32.3 Å². The van der Waals surface area contributed by atoms with Crippen molar-refractivity contribution < 1.29 is 4.79 Å². The number of thioether (sulfide) groups is 1. The fourth-order valence-electron chi connectivity index (χ4n) is 2.86. The van der Waals surface area contributed by atoms with Crippen molar-refractivity contribution in [3.63, 3.8) is 0 Å². The van der Waals surface area contributed by atoms with E-state index in [1.807, 2.05) is 40.9 Å². The second-order valence-corrected chi connectivity index (χ2v) is 9.33. The molecule has 0 aromatic heterocycles. The van der Waals surface area contributed by atoms with Crippen LogP contribution in [0, 0.1) is 0 Å². The van der Waals surface area contributed by atoms with E-state index in [0.29, 0.717) is 0 Å². The summed E-state index contributed by atoms with van der Waals surface area (Å²) in [4.78, 5) is 14.6. The van der Waals surface area contributed by atoms with Crippen LogP contribution in [-0.2, 0) is 5.41 Å². The average Bonchev–Trinajstić information content (AvgIpc) is 3.04. The quantitative estimate of drug-likeness (QED) is 0.645. The van der Waals surface area contributed by atoms with Crippen molar-refractivity contribution in [1.29, 1.82) is 0 Å². The van der Waals surface area contributed by atoms with E-state index in [1.54, 1.807) is 0 Å². The van der Waals surface area contributed by atoms with Crippen molar-refractivity contribution in [3.8, 4) is 0 Å². The number of benzene rings is 2. The highest BCUT2D eigenvalue weighted by atomic mass is 79.9. The number of halogens is 1. The molecule has 0 saturated carbocycles. The third-order valence-electron chi connectivity index (χ3n) is 4.29. The fourth-order valence-corrected chi connectivity index (χ4v) is 4.52. The molecule has 1 fully saturated rings. The molecule has 2 amide bonds. The highest BCUT2D eigenvalue weighted by Gasteiger charge is 2.31. The number of amides is 2. The maximum atomic E-state index is 12.7. The molecule has 0 unspecified atom stereocenters. The minimum atomic E-state index is -0.0482. The van der Waals surface area contributed by atoms with Crippen LogP contribution in [0.2, 0.25) is 0 Å². The van der Waals surface area contributed by atoms with Crippen LogP contribution in [0.5, 0.6) is 0 Å². The van der Waals surface area contributed by atoms with Crippen LogP contribution in [0.15, 0.2) is 53.0 Å². The Hall–Kier alpha value is -1.46. The first-order chi connectivity index (χ1) is 11.8. The third kappa shape index (κ3) is 4.39. The molecular formula is C20H23BrN2OS. The molecule has 0 bridgehead atoms. The lowest BCUT2D eigenvalue weighted by Gasteiger charge is -2.25. The predicted octanol–water partition coefficient (Wildman–Crippen LogP) is 6.03. The number of nitrogens with one attached hydrogen (secondary N) is 1. The van der Waals surface area contributed by atoms with Crippen LogP contribution in [0.1, 0.15) is 37.3 Å². The van der Waals surface area contributed by atoms with Gasteiger partial charge in [0.2, 0.25) is 0 Å². The summed E-state index contributed by atoms with van der Waals surface area (Å²) in [5, 5.41) is 3.07. The first kappa shape index (κ1) is 18.3. The number of carbonyl (C=O) groups excluding carboxylic acids is 1. The minimum Gasteiger partial charge on any atom is -0.308 e. The Morgan fingerprint density at radius 2 is 1.92 bits per heavy atom. The van der Waals surface area contributed by atoms with E-state index in [4.69, 9.17) is 0 Å². The summed E-state index contributed by atoms with van der Waals surface area (Å²) in [6, 6.07) is 16.3. The molecular weight excluding hydrogens is 396 g/mol. The largest absolute Gasteiger partial charge is 0.323 e. The van der Waals surface area contributed by atoms with Crippen LogP contribution in [-0.4, -0.2) is 23.2 Å². The van der Waals surface area contributed by atoms with Gasteiger partial charge in [-0.2, -0.15) is 0 Å². The lowest BCUT2D eigenvalue weighted by atomic mass is 9.87. The number of hydrogen-bond acceptors (Lipinski definition) is 2. The maximum absolute atomic E-state index is 12.7. The van der Waals surface area contributed by atoms with E-state index in [-0.39, 0.29) is 16.8 Å². The molecule has 1 aliphatic heterocycles. The number of anilines is 1. The Labute approximate surface area is 162 Å². The molecule has 0 radical (unpaired) electrons. The number of carbonyl (C=O) groups is 1. The van der Waals surface area contributed by atoms with Crippen molar-refractivity contribution in [3.05, 3.63) is 64.1 Å². The summed E-state index contributed by atoms with van der Waals surface area (Å²) < 4.78 is 0.954. The first-order valence-corrected chi connectivity index (χ1v) is 10.2. The first-order valence-electron chi connectivity index (χ1n) is 8.40. The van der Waals surface area contributed by atoms with Gasteiger partial charge >= 0.3 is 6.03 Å². The fraction of sp³-hybridized carbons (Fsp3) is 0.350. The smallest absolute Gasteiger partial charge is 0.308 e. The number of hydrogen-bond donors (Lipinski definition) is 1. The third-order valence-corrected chi connectivity index (χ3v) is 6.04. The Balaban J connectivity index is 1.74. The standard InChI is InChI=1S/C20H23BrN2OS/c1-20(2,3)15-9-7-14(8-10-15)18-23(11-12-25-18)19(24)22-17-6-4-5-16(21)13-17/h4-10,13,18H,11-12H2,1-3H3,(H,22,24)/t18-/m0/s1. The average molecular weight is 419 g/mol. The normalized spacial score (nSPS) is 17.6. The Bertz CT molecular complexity index is 755. The van der Waals surface area contributed by atoms with E-state index in [9.17, 15) is 4.79 Å². The highest BCUT2D eigenvalue weighted by Crippen LogP contribution is 2.39. The Morgan fingerprint density at radius 1 is 1.20 bits per heavy atom. The molecule has 132 valence electrons. The molecule has 0 aliphatic carbocycles. The second kappa shape index (κ2) is 7.42. The Kier molecular flexibility index (Phi) is 5.44. The molecule has 25 heavy (non-hydrogen) atoms. The van der Waals surface area contributed by atoms with Gasteiger partial charge in [-0.05, 0) is 34.7 Å². The zero-order valence-corrected chi connectivity index (χ0v) is 17.2. The van der Waals surface area contributed by atoms with Crippen LogP contribution >= 0.6 is 27.7 Å². The molecule has 1 atom stereocenters. The number of urea groups is 1. The van der Waals surface area contributed by atoms with Crippen molar-refractivity contribution in [2.45, 2.75) is 31.6 Å². The zero-order chi connectivity index (χ0) is 18.0. The van der Waals surface area contributed by atoms with E-state index < -0.39 is 0 Å². The van der Waals surface area contributed by atoms with Gasteiger partial charge < -0.3 is 10.2 Å². The van der Waals surface area contributed by atoms with Crippen LogP contribution in [0.3, 0.4) is 0 Å². The SMILES string of the molecule is CC(C)(C)c1ccc([C@@H]2SCCN2C(=O)Nc2cccc(Br)c2)cc1. The summed E-state index contributed by atoms with van der Waals surface area (Å²) in [6.07, 6.45) is 0. The van der Waals surface area contributed by atoms with Gasteiger partial charge in [0, 0.05) is 22.5 Å². The molecule has 3 nitrogen and oxygen atoms in total. The lowest BCUT2D eigenvalue weighted by Crippen LogP contribution is -2.34. The van der Waals surface area contributed by atoms with Gasteiger partial charge in [-0.1, -0.05) is 67.0 Å². The summed E-state index contributed by atoms with van der Waals surface area (Å²) in [5.74, 6) is 0.956. The van der Waals surface area contributed by atoms with E-state index in [2.05, 4.69) is 66.3 Å². The van der Waals surface area contributed by atoms with E-state index in [0.717, 1.165) is 22.5 Å². The molecule has 1 saturated heterocycles. The van der Waals surface area contributed by atoms with Gasteiger partial charge in [-0.15, -0.1) is 11.8 Å². The Morgan fingerprint density at radius 3 is 2.56 bits per heavy atom. The molecule has 5 heteroatoms. The molecule has 1 heterocycles. The maximum Gasteiger partial charge on any atom is 0.323 e. The molecule has 2 aromatic carbocycles.